The van der Waals surface area contributed by atoms with Gasteiger partial charge in [-0.15, -0.1) is 0 Å². The molecule has 4 rings (SSSR count). The Kier molecular flexibility index (Phi) is 4.31. The first-order chi connectivity index (χ1) is 13.8. The fourth-order valence-corrected chi connectivity index (χ4v) is 3.22. The molecule has 11 heteroatoms. The van der Waals surface area contributed by atoms with Gasteiger partial charge in [0.05, 0.1) is 24.0 Å². The fourth-order valence-electron chi connectivity index (χ4n) is 3.22. The second-order valence-electron chi connectivity index (χ2n) is 6.53. The number of carbonyl (C=O) groups is 1. The number of aryl methyl sites for hydroxylation is 3. The largest absolute Gasteiger partial charge is 0.504 e. The number of hydrogen-bond acceptors (Lipinski definition) is 8. The van der Waals surface area contributed by atoms with Gasteiger partial charge < -0.3 is 21.0 Å². The number of primary amides is 1. The van der Waals surface area contributed by atoms with Crippen LogP contribution in [0, 0.1) is 13.8 Å². The molecule has 1 amide bonds. The molecule has 0 unspecified atom stereocenters. The summed E-state index contributed by atoms with van der Waals surface area (Å²) in [6.45, 7) is 5.91. The average Bonchev–Trinajstić information content (AvgIpc) is 3.35. The molecule has 11 nitrogen and oxygen atoms in total. The van der Waals surface area contributed by atoms with Crippen LogP contribution in [0.15, 0.2) is 16.8 Å². The topological polar surface area (TPSA) is 163 Å². The van der Waals surface area contributed by atoms with Crippen molar-refractivity contribution >= 4 is 11.4 Å². The van der Waals surface area contributed by atoms with Gasteiger partial charge in [-0.25, -0.2) is 9.97 Å². The van der Waals surface area contributed by atoms with Crippen LogP contribution in [0.1, 0.15) is 34.7 Å². The summed E-state index contributed by atoms with van der Waals surface area (Å²) in [5.41, 5.74) is 14.1. The van der Waals surface area contributed by atoms with Gasteiger partial charge in [0.1, 0.15) is 22.8 Å². The number of nitrogens with two attached hydrogens (primary N) is 2. The summed E-state index contributed by atoms with van der Waals surface area (Å²) in [6, 6.07) is 0. The van der Waals surface area contributed by atoms with Gasteiger partial charge in [0, 0.05) is 12.7 Å². The van der Waals surface area contributed by atoms with E-state index in [1.165, 1.54) is 0 Å². The van der Waals surface area contributed by atoms with Crippen LogP contribution < -0.4 is 11.5 Å². The van der Waals surface area contributed by atoms with Crippen LogP contribution in [0.25, 0.3) is 28.5 Å². The molecule has 29 heavy (non-hydrogen) atoms. The van der Waals surface area contributed by atoms with Gasteiger partial charge >= 0.3 is 0 Å². The number of fused-ring (bicyclic) bond motifs is 1. The third kappa shape index (κ3) is 2.83. The van der Waals surface area contributed by atoms with Gasteiger partial charge in [-0.2, -0.15) is 5.10 Å². The zero-order valence-electron chi connectivity index (χ0n) is 16.2. The van der Waals surface area contributed by atoms with Crippen molar-refractivity contribution in [3.8, 4) is 28.7 Å². The summed E-state index contributed by atoms with van der Waals surface area (Å²) in [5.74, 6) is -0.162. The van der Waals surface area contributed by atoms with Gasteiger partial charge in [-0.05, 0) is 20.8 Å². The highest BCUT2D eigenvalue weighted by molar-refractivity contribution is 5.93. The third-order valence-electron chi connectivity index (χ3n) is 4.58. The normalized spacial score (nSPS) is 11.4. The second kappa shape index (κ2) is 6.71. The molecule has 0 bridgehead atoms. The lowest BCUT2D eigenvalue weighted by Gasteiger charge is -2.00. The number of carbonyl (C=O) groups excluding carboxylic acids is 1. The fraction of sp³-hybridized carbons (Fsp3) is 0.278. The molecule has 150 valence electrons. The monoisotopic (exact) mass is 396 g/mol. The van der Waals surface area contributed by atoms with E-state index >= 15 is 0 Å². The van der Waals surface area contributed by atoms with Crippen molar-refractivity contribution in [3.63, 3.8) is 0 Å². The first-order valence-electron chi connectivity index (χ1n) is 8.97. The molecule has 0 aliphatic carbocycles. The van der Waals surface area contributed by atoms with Crippen molar-refractivity contribution in [2.75, 3.05) is 0 Å². The van der Waals surface area contributed by atoms with Crippen LogP contribution in [-0.4, -0.2) is 40.1 Å². The number of hydrogen-bond donors (Lipinski definition) is 3. The Morgan fingerprint density at radius 3 is 2.69 bits per heavy atom. The Hall–Kier alpha value is -3.73. The summed E-state index contributed by atoms with van der Waals surface area (Å²) in [7, 11) is 0. The summed E-state index contributed by atoms with van der Waals surface area (Å²) < 4.78 is 8.99. The average molecular weight is 396 g/mol. The van der Waals surface area contributed by atoms with E-state index in [0.717, 1.165) is 0 Å². The van der Waals surface area contributed by atoms with Crippen molar-refractivity contribution in [2.45, 2.75) is 33.9 Å². The van der Waals surface area contributed by atoms with Gasteiger partial charge in [0.25, 0.3) is 5.91 Å². The van der Waals surface area contributed by atoms with Crippen LogP contribution >= 0.6 is 0 Å². The molecule has 0 aliphatic rings. The van der Waals surface area contributed by atoms with E-state index in [9.17, 15) is 9.90 Å². The van der Waals surface area contributed by atoms with Crippen molar-refractivity contribution < 1.29 is 14.3 Å². The Bertz CT molecular complexity index is 1250. The van der Waals surface area contributed by atoms with Gasteiger partial charge in [0.2, 0.25) is 11.7 Å². The summed E-state index contributed by atoms with van der Waals surface area (Å²) >= 11 is 0. The quantitative estimate of drug-likeness (QED) is 0.452. The standard InChI is InChI=1S/C18H20N8O3/c1-4-26-14(15(27)9(3)24-26)18-23-13(11(5-19)29-18)12-10-6-21-8(2)7-25(10)17(22-12)16(20)28/h6-7,27H,4-5,19H2,1-3H3,(H2,20,28). The van der Waals surface area contributed by atoms with Crippen molar-refractivity contribution in [3.05, 3.63) is 35.4 Å². The first kappa shape index (κ1) is 18.6. The molecule has 0 aromatic carbocycles. The number of nitrogens with zero attached hydrogens (tertiary/aromatic N) is 6. The lowest BCUT2D eigenvalue weighted by Crippen LogP contribution is -2.15. The van der Waals surface area contributed by atoms with Crippen molar-refractivity contribution in [1.82, 2.24) is 29.1 Å². The van der Waals surface area contributed by atoms with E-state index in [0.29, 0.717) is 46.3 Å². The summed E-state index contributed by atoms with van der Waals surface area (Å²) in [5, 5.41) is 14.7. The number of aromatic nitrogens is 6. The van der Waals surface area contributed by atoms with Crippen LogP contribution in [0.5, 0.6) is 5.75 Å². The van der Waals surface area contributed by atoms with E-state index in [4.69, 9.17) is 15.9 Å². The minimum atomic E-state index is -0.688. The smallest absolute Gasteiger partial charge is 0.285 e. The van der Waals surface area contributed by atoms with Crippen molar-refractivity contribution in [1.29, 1.82) is 0 Å². The van der Waals surface area contributed by atoms with Crippen LogP contribution in [0.2, 0.25) is 0 Å². The summed E-state index contributed by atoms with van der Waals surface area (Å²) in [4.78, 5) is 25.1. The van der Waals surface area contributed by atoms with E-state index in [1.54, 1.807) is 35.3 Å². The van der Waals surface area contributed by atoms with E-state index < -0.39 is 5.91 Å². The van der Waals surface area contributed by atoms with Crippen LogP contribution in [0.3, 0.4) is 0 Å². The maximum atomic E-state index is 11.9. The molecule has 0 spiro atoms. The maximum Gasteiger partial charge on any atom is 0.285 e. The van der Waals surface area contributed by atoms with Crippen LogP contribution in [0.4, 0.5) is 0 Å². The zero-order chi connectivity index (χ0) is 20.9. The molecular weight excluding hydrogens is 376 g/mol. The number of imidazole rings is 1. The lowest BCUT2D eigenvalue weighted by atomic mass is 10.2. The molecule has 0 atom stereocenters. The molecule has 5 N–H and O–H groups in total. The Balaban J connectivity index is 1.97. The molecule has 0 saturated heterocycles. The number of amides is 1. The number of aromatic hydroxyl groups is 1. The number of rotatable bonds is 5. The molecule has 0 aliphatic heterocycles. The molecular formula is C18H20N8O3. The summed E-state index contributed by atoms with van der Waals surface area (Å²) in [6.07, 6.45) is 3.24. The van der Waals surface area contributed by atoms with E-state index in [2.05, 4.69) is 20.1 Å². The third-order valence-corrected chi connectivity index (χ3v) is 4.58. The zero-order valence-corrected chi connectivity index (χ0v) is 16.2. The van der Waals surface area contributed by atoms with E-state index in [-0.39, 0.29) is 24.0 Å². The predicted octanol–water partition coefficient (Wildman–Crippen LogP) is 1.15. The Morgan fingerprint density at radius 1 is 1.28 bits per heavy atom. The van der Waals surface area contributed by atoms with Crippen molar-refractivity contribution in [2.24, 2.45) is 11.5 Å². The minimum Gasteiger partial charge on any atom is -0.504 e. The molecule has 4 aromatic rings. The van der Waals surface area contributed by atoms with Gasteiger partial charge in [-0.1, -0.05) is 0 Å². The molecule has 4 heterocycles. The van der Waals surface area contributed by atoms with Gasteiger partial charge in [0.15, 0.2) is 11.4 Å². The van der Waals surface area contributed by atoms with Crippen LogP contribution in [-0.2, 0) is 13.1 Å². The molecule has 4 aromatic heterocycles. The second-order valence-corrected chi connectivity index (χ2v) is 6.53. The molecule has 0 radical (unpaired) electrons. The minimum absolute atomic E-state index is 0.0203. The molecule has 0 saturated carbocycles. The highest BCUT2D eigenvalue weighted by Crippen LogP contribution is 2.36. The van der Waals surface area contributed by atoms with E-state index in [1.807, 2.05) is 6.92 Å². The highest BCUT2D eigenvalue weighted by atomic mass is 16.4. The SMILES string of the molecule is CCn1nc(C)c(O)c1-c1nc(-c2nc(C(N)=O)n3cc(C)ncc23)c(CN)o1. The van der Waals surface area contributed by atoms with Gasteiger partial charge in [-0.3, -0.25) is 18.9 Å². The molecule has 0 fully saturated rings. The first-order valence-corrected chi connectivity index (χ1v) is 8.97. The Labute approximate surface area is 165 Å². The highest BCUT2D eigenvalue weighted by Gasteiger charge is 2.26. The Morgan fingerprint density at radius 2 is 2.03 bits per heavy atom. The lowest BCUT2D eigenvalue weighted by molar-refractivity contribution is 0.0990. The predicted molar refractivity (Wildman–Crippen MR) is 103 cm³/mol. The maximum absolute atomic E-state index is 11.9. The number of oxazole rings is 1.